The Bertz CT molecular complexity index is 808. The summed E-state index contributed by atoms with van der Waals surface area (Å²) in [5.41, 5.74) is 1.20. The molecule has 8 heteroatoms. The highest BCUT2D eigenvalue weighted by molar-refractivity contribution is 5.74. The van der Waals surface area contributed by atoms with Crippen molar-refractivity contribution in [1.82, 2.24) is 20.6 Å². The highest BCUT2D eigenvalue weighted by atomic mass is 16.5. The van der Waals surface area contributed by atoms with Crippen molar-refractivity contribution >= 4 is 17.7 Å². The second-order valence-corrected chi connectivity index (χ2v) is 7.91. The molecule has 160 valence electrons. The zero-order valence-electron chi connectivity index (χ0n) is 17.5. The largest absolute Gasteiger partial charge is 0.497 e. The van der Waals surface area contributed by atoms with E-state index < -0.39 is 0 Å². The maximum absolute atomic E-state index is 12.5. The molecule has 1 aromatic carbocycles. The Morgan fingerprint density at radius 2 is 1.67 bits per heavy atom. The molecule has 2 aromatic rings. The molecule has 3 heterocycles. The Morgan fingerprint density at radius 3 is 2.37 bits per heavy atom. The van der Waals surface area contributed by atoms with E-state index in [0.717, 1.165) is 63.6 Å². The molecule has 1 atom stereocenters. The topological polar surface area (TPSA) is 82.6 Å². The van der Waals surface area contributed by atoms with Crippen LogP contribution < -0.4 is 25.2 Å². The van der Waals surface area contributed by atoms with Gasteiger partial charge in [-0.05, 0) is 56.0 Å². The van der Waals surface area contributed by atoms with Crippen LogP contribution in [0.2, 0.25) is 0 Å². The smallest absolute Gasteiger partial charge is 0.315 e. The first-order valence-corrected chi connectivity index (χ1v) is 10.7. The third-order valence-corrected chi connectivity index (χ3v) is 5.86. The van der Waals surface area contributed by atoms with Crippen molar-refractivity contribution in [3.63, 3.8) is 0 Å². The fourth-order valence-corrected chi connectivity index (χ4v) is 4.22. The molecule has 0 aliphatic carbocycles. The highest BCUT2D eigenvalue weighted by Gasteiger charge is 2.25. The maximum atomic E-state index is 12.5. The first kappa shape index (κ1) is 20.3. The molecule has 2 saturated heterocycles. The molecule has 0 radical (unpaired) electrons. The van der Waals surface area contributed by atoms with Crippen LogP contribution in [0.3, 0.4) is 0 Å². The number of piperidine rings is 2. The molecule has 0 bridgehead atoms. The zero-order valence-corrected chi connectivity index (χ0v) is 17.5. The minimum absolute atomic E-state index is 0.0706. The molecule has 1 aromatic heterocycles. The number of carbonyl (C=O) groups is 1. The molecule has 0 saturated carbocycles. The van der Waals surface area contributed by atoms with Crippen molar-refractivity contribution in [2.24, 2.45) is 0 Å². The average molecular weight is 411 g/mol. The van der Waals surface area contributed by atoms with Gasteiger partial charge in [0, 0.05) is 56.3 Å². The molecule has 0 spiro atoms. The Balaban J connectivity index is 1.22. The van der Waals surface area contributed by atoms with Gasteiger partial charge in [0.15, 0.2) is 0 Å². The monoisotopic (exact) mass is 410 g/mol. The van der Waals surface area contributed by atoms with Crippen molar-refractivity contribution in [2.45, 2.75) is 37.8 Å². The van der Waals surface area contributed by atoms with Gasteiger partial charge in [-0.1, -0.05) is 0 Å². The number of aromatic nitrogens is 2. The van der Waals surface area contributed by atoms with Crippen LogP contribution in [0.4, 0.5) is 16.4 Å². The number of urea groups is 1. The summed E-state index contributed by atoms with van der Waals surface area (Å²) in [5, 5.41) is 6.31. The predicted molar refractivity (Wildman–Crippen MR) is 117 cm³/mol. The van der Waals surface area contributed by atoms with Crippen molar-refractivity contribution in [3.05, 3.63) is 42.7 Å². The third-order valence-electron chi connectivity index (χ3n) is 5.86. The van der Waals surface area contributed by atoms with Gasteiger partial charge in [0.1, 0.15) is 5.75 Å². The van der Waals surface area contributed by atoms with Crippen molar-refractivity contribution in [3.8, 4) is 5.75 Å². The lowest BCUT2D eigenvalue weighted by molar-refractivity contribution is 0.228. The van der Waals surface area contributed by atoms with E-state index in [-0.39, 0.29) is 18.1 Å². The molecule has 4 rings (SSSR count). The van der Waals surface area contributed by atoms with Gasteiger partial charge < -0.3 is 25.2 Å². The van der Waals surface area contributed by atoms with Crippen molar-refractivity contribution in [2.75, 3.05) is 43.1 Å². The average Bonchev–Trinajstić information content (AvgIpc) is 2.80. The maximum Gasteiger partial charge on any atom is 0.315 e. The lowest BCUT2D eigenvalue weighted by Crippen LogP contribution is -2.54. The summed E-state index contributed by atoms with van der Waals surface area (Å²) in [6.07, 6.45) is 7.38. The minimum Gasteiger partial charge on any atom is -0.497 e. The SMILES string of the molecule is COc1ccc(N2CCC(NC(=O)NC3CCCN(c4ncccn4)C3)CC2)cc1. The second-order valence-electron chi connectivity index (χ2n) is 7.91. The molecule has 1 unspecified atom stereocenters. The van der Waals surface area contributed by atoms with Crippen molar-refractivity contribution < 1.29 is 9.53 Å². The molecule has 2 amide bonds. The minimum atomic E-state index is -0.0706. The lowest BCUT2D eigenvalue weighted by Gasteiger charge is -2.35. The van der Waals surface area contributed by atoms with E-state index in [1.54, 1.807) is 19.5 Å². The lowest BCUT2D eigenvalue weighted by atomic mass is 10.0. The quantitative estimate of drug-likeness (QED) is 0.788. The number of rotatable bonds is 5. The number of nitrogens with zero attached hydrogens (tertiary/aromatic N) is 4. The van der Waals surface area contributed by atoms with Gasteiger partial charge in [-0.3, -0.25) is 0 Å². The number of benzene rings is 1. The van der Waals surface area contributed by atoms with Gasteiger partial charge in [-0.2, -0.15) is 0 Å². The van der Waals surface area contributed by atoms with E-state index in [4.69, 9.17) is 4.74 Å². The van der Waals surface area contributed by atoms with Gasteiger partial charge in [0.25, 0.3) is 0 Å². The predicted octanol–water partition coefficient (Wildman–Crippen LogP) is 2.42. The van der Waals surface area contributed by atoms with E-state index in [2.05, 4.69) is 42.5 Å². The van der Waals surface area contributed by atoms with Crippen LogP contribution in [-0.4, -0.2) is 61.4 Å². The summed E-state index contributed by atoms with van der Waals surface area (Å²) in [5.74, 6) is 1.60. The Morgan fingerprint density at radius 1 is 0.967 bits per heavy atom. The van der Waals surface area contributed by atoms with E-state index in [0.29, 0.717) is 0 Å². The van der Waals surface area contributed by atoms with E-state index in [9.17, 15) is 4.79 Å². The van der Waals surface area contributed by atoms with Gasteiger partial charge in [-0.15, -0.1) is 0 Å². The molecule has 2 aliphatic rings. The Labute approximate surface area is 177 Å². The standard InChI is InChI=1S/C22H30N6O2/c1-30-20-7-5-19(6-8-20)27-14-9-17(10-15-27)25-22(29)26-18-4-2-13-28(16-18)21-23-11-3-12-24-21/h3,5-8,11-12,17-18H,2,4,9-10,13-16H2,1H3,(H2,25,26,29). The van der Waals surface area contributed by atoms with E-state index >= 15 is 0 Å². The number of methoxy groups -OCH3 is 1. The summed E-state index contributed by atoms with van der Waals surface area (Å²) in [7, 11) is 1.68. The van der Waals surface area contributed by atoms with Crippen molar-refractivity contribution in [1.29, 1.82) is 0 Å². The number of amides is 2. The van der Waals surface area contributed by atoms with Gasteiger partial charge in [0.2, 0.25) is 5.95 Å². The summed E-state index contributed by atoms with van der Waals surface area (Å²) in [6.45, 7) is 3.53. The first-order chi connectivity index (χ1) is 14.7. The van der Waals surface area contributed by atoms with Crippen LogP contribution >= 0.6 is 0 Å². The summed E-state index contributed by atoms with van der Waals surface area (Å²) in [4.78, 5) is 25.7. The van der Waals surface area contributed by atoms with Crippen LogP contribution in [0.15, 0.2) is 42.7 Å². The number of carbonyl (C=O) groups excluding carboxylic acids is 1. The number of hydrogen-bond acceptors (Lipinski definition) is 6. The Kier molecular flexibility index (Phi) is 6.51. The van der Waals surface area contributed by atoms with Gasteiger partial charge in [-0.25, -0.2) is 14.8 Å². The van der Waals surface area contributed by atoms with E-state index in [1.165, 1.54) is 5.69 Å². The van der Waals surface area contributed by atoms with Crippen LogP contribution in [0.25, 0.3) is 0 Å². The molecule has 2 N–H and O–H groups in total. The highest BCUT2D eigenvalue weighted by Crippen LogP contribution is 2.23. The third kappa shape index (κ3) is 5.11. The summed E-state index contributed by atoms with van der Waals surface area (Å²) >= 11 is 0. The van der Waals surface area contributed by atoms with E-state index in [1.807, 2.05) is 18.2 Å². The fourth-order valence-electron chi connectivity index (χ4n) is 4.22. The summed E-state index contributed by atoms with van der Waals surface area (Å²) < 4.78 is 5.23. The number of anilines is 2. The molecule has 2 aliphatic heterocycles. The van der Waals surface area contributed by atoms with Gasteiger partial charge in [0.05, 0.1) is 7.11 Å². The normalized spacial score (nSPS) is 20.0. The van der Waals surface area contributed by atoms with Crippen LogP contribution in [0.5, 0.6) is 5.75 Å². The molecular weight excluding hydrogens is 380 g/mol. The second kappa shape index (κ2) is 9.65. The van der Waals surface area contributed by atoms with Crippen LogP contribution in [0.1, 0.15) is 25.7 Å². The zero-order chi connectivity index (χ0) is 20.8. The number of ether oxygens (including phenoxy) is 1. The van der Waals surface area contributed by atoms with Crippen LogP contribution in [-0.2, 0) is 0 Å². The number of hydrogen-bond donors (Lipinski definition) is 2. The van der Waals surface area contributed by atoms with Gasteiger partial charge >= 0.3 is 6.03 Å². The van der Waals surface area contributed by atoms with Crippen LogP contribution in [0, 0.1) is 0 Å². The molecular formula is C22H30N6O2. The summed E-state index contributed by atoms with van der Waals surface area (Å²) in [6, 6.07) is 10.2. The first-order valence-electron chi connectivity index (χ1n) is 10.7. The number of nitrogens with one attached hydrogen (secondary N) is 2. The fraction of sp³-hybridized carbons (Fsp3) is 0.500. The molecule has 2 fully saturated rings. The molecule has 30 heavy (non-hydrogen) atoms. The Hall–Kier alpha value is -3.03. The molecule has 8 nitrogen and oxygen atoms in total.